The number of piperidine rings is 2. The summed E-state index contributed by atoms with van der Waals surface area (Å²) in [5, 5.41) is 7.96. The number of halogens is 1. The molecule has 2 aliphatic heterocycles. The summed E-state index contributed by atoms with van der Waals surface area (Å²) in [6.45, 7) is 9.60. The van der Waals surface area contributed by atoms with Gasteiger partial charge >= 0.3 is 0 Å². The van der Waals surface area contributed by atoms with Crippen LogP contribution in [0, 0.1) is 5.92 Å². The van der Waals surface area contributed by atoms with Crippen molar-refractivity contribution in [1.29, 1.82) is 0 Å². The number of nitrogens with one attached hydrogen (secondary N) is 1. The van der Waals surface area contributed by atoms with Crippen LogP contribution in [-0.4, -0.2) is 47.4 Å². The van der Waals surface area contributed by atoms with Gasteiger partial charge in [-0.2, -0.15) is 5.10 Å². The van der Waals surface area contributed by atoms with Crippen LogP contribution in [0.1, 0.15) is 50.6 Å². The molecule has 1 aromatic rings. The minimum absolute atomic E-state index is 0. The zero-order valence-corrected chi connectivity index (χ0v) is 14.7. The van der Waals surface area contributed by atoms with Crippen LogP contribution in [0.25, 0.3) is 0 Å². The van der Waals surface area contributed by atoms with Gasteiger partial charge in [-0.1, -0.05) is 6.92 Å². The van der Waals surface area contributed by atoms with Crippen LogP contribution in [0.15, 0.2) is 12.3 Å². The Morgan fingerprint density at radius 2 is 1.91 bits per heavy atom. The van der Waals surface area contributed by atoms with Gasteiger partial charge in [0.15, 0.2) is 0 Å². The number of aromatic nitrogens is 2. The normalized spacial score (nSPS) is 21.7. The Morgan fingerprint density at radius 3 is 2.59 bits per heavy atom. The second-order valence-electron chi connectivity index (χ2n) is 6.75. The highest BCUT2D eigenvalue weighted by Crippen LogP contribution is 2.29. The Balaban J connectivity index is 0.00000176. The van der Waals surface area contributed by atoms with E-state index in [-0.39, 0.29) is 12.4 Å². The van der Waals surface area contributed by atoms with Crippen molar-refractivity contribution in [1.82, 2.24) is 20.0 Å². The quantitative estimate of drug-likeness (QED) is 0.903. The van der Waals surface area contributed by atoms with Gasteiger partial charge in [-0.05, 0) is 70.3 Å². The minimum atomic E-state index is 0. The fourth-order valence-corrected chi connectivity index (χ4v) is 3.93. The molecule has 0 radical (unpaired) electrons. The molecule has 5 heteroatoms. The van der Waals surface area contributed by atoms with Gasteiger partial charge in [0.05, 0.1) is 0 Å². The standard InChI is InChI=1S/C17H30N4.ClH/c1-2-11-21-17(5-10-19-21)16-6-12-20(13-7-16)14-15-3-8-18-9-4-15;/h5,10,15-16,18H,2-4,6-9,11-14H2,1H3;1H. The van der Waals surface area contributed by atoms with E-state index in [2.05, 4.69) is 33.0 Å². The summed E-state index contributed by atoms with van der Waals surface area (Å²) in [4.78, 5) is 2.70. The SMILES string of the molecule is CCCn1nccc1C1CCN(CC2CCNCC2)CC1.Cl. The van der Waals surface area contributed by atoms with E-state index in [1.807, 2.05) is 6.20 Å². The molecular weight excluding hydrogens is 296 g/mol. The summed E-state index contributed by atoms with van der Waals surface area (Å²) in [6, 6.07) is 2.24. The zero-order chi connectivity index (χ0) is 14.5. The lowest BCUT2D eigenvalue weighted by molar-refractivity contribution is 0.165. The van der Waals surface area contributed by atoms with Gasteiger partial charge in [0.2, 0.25) is 0 Å². The van der Waals surface area contributed by atoms with E-state index in [4.69, 9.17) is 0 Å². The molecule has 0 aliphatic carbocycles. The van der Waals surface area contributed by atoms with E-state index >= 15 is 0 Å². The number of aryl methyl sites for hydroxylation is 1. The highest BCUT2D eigenvalue weighted by Gasteiger charge is 2.25. The molecular formula is C17H31ClN4. The minimum Gasteiger partial charge on any atom is -0.317 e. The molecule has 3 heterocycles. The molecule has 0 aromatic carbocycles. The average Bonchev–Trinajstić information content (AvgIpc) is 2.98. The topological polar surface area (TPSA) is 33.1 Å². The van der Waals surface area contributed by atoms with Crippen LogP contribution in [0.4, 0.5) is 0 Å². The molecule has 0 amide bonds. The fraction of sp³-hybridized carbons (Fsp3) is 0.824. The van der Waals surface area contributed by atoms with Gasteiger partial charge in [0, 0.05) is 30.9 Å². The Bertz CT molecular complexity index is 420. The maximum atomic E-state index is 4.49. The third-order valence-electron chi connectivity index (χ3n) is 5.17. The number of nitrogens with zero attached hydrogens (tertiary/aromatic N) is 3. The summed E-state index contributed by atoms with van der Waals surface area (Å²) in [5.41, 5.74) is 1.47. The summed E-state index contributed by atoms with van der Waals surface area (Å²) < 4.78 is 2.23. The molecule has 0 bridgehead atoms. The van der Waals surface area contributed by atoms with Gasteiger partial charge in [0.1, 0.15) is 0 Å². The van der Waals surface area contributed by atoms with E-state index in [0.29, 0.717) is 0 Å². The van der Waals surface area contributed by atoms with Crippen molar-refractivity contribution >= 4 is 12.4 Å². The predicted molar refractivity (Wildman–Crippen MR) is 93.8 cm³/mol. The second kappa shape index (κ2) is 8.90. The van der Waals surface area contributed by atoms with Crippen molar-refractivity contribution in [3.05, 3.63) is 18.0 Å². The van der Waals surface area contributed by atoms with E-state index in [0.717, 1.165) is 18.4 Å². The van der Waals surface area contributed by atoms with Crippen LogP contribution in [-0.2, 0) is 6.54 Å². The van der Waals surface area contributed by atoms with E-state index < -0.39 is 0 Å². The van der Waals surface area contributed by atoms with E-state index in [9.17, 15) is 0 Å². The molecule has 0 spiro atoms. The highest BCUT2D eigenvalue weighted by atomic mass is 35.5. The van der Waals surface area contributed by atoms with Crippen molar-refractivity contribution in [3.8, 4) is 0 Å². The van der Waals surface area contributed by atoms with Gasteiger partial charge in [-0.3, -0.25) is 4.68 Å². The molecule has 126 valence electrons. The Hall–Kier alpha value is -0.580. The van der Waals surface area contributed by atoms with E-state index in [1.165, 1.54) is 70.5 Å². The van der Waals surface area contributed by atoms with Crippen LogP contribution >= 0.6 is 12.4 Å². The van der Waals surface area contributed by atoms with Crippen molar-refractivity contribution in [2.24, 2.45) is 5.92 Å². The van der Waals surface area contributed by atoms with Crippen LogP contribution in [0.3, 0.4) is 0 Å². The maximum Gasteiger partial charge on any atom is 0.0492 e. The second-order valence-corrected chi connectivity index (χ2v) is 6.75. The first kappa shape index (κ1) is 17.8. The largest absolute Gasteiger partial charge is 0.317 e. The lowest BCUT2D eigenvalue weighted by Crippen LogP contribution is -2.40. The monoisotopic (exact) mass is 326 g/mol. The van der Waals surface area contributed by atoms with Gasteiger partial charge < -0.3 is 10.2 Å². The van der Waals surface area contributed by atoms with Gasteiger partial charge in [-0.25, -0.2) is 0 Å². The Labute approximate surface area is 141 Å². The molecule has 2 fully saturated rings. The number of likely N-dealkylation sites (tertiary alicyclic amines) is 1. The highest BCUT2D eigenvalue weighted by molar-refractivity contribution is 5.85. The molecule has 0 saturated carbocycles. The predicted octanol–water partition coefficient (Wildman–Crippen LogP) is 2.89. The third kappa shape index (κ3) is 4.46. The molecule has 1 N–H and O–H groups in total. The van der Waals surface area contributed by atoms with Crippen LogP contribution in [0.5, 0.6) is 0 Å². The summed E-state index contributed by atoms with van der Waals surface area (Å²) >= 11 is 0. The molecule has 0 unspecified atom stereocenters. The first-order valence-corrected chi connectivity index (χ1v) is 8.81. The molecule has 3 rings (SSSR count). The first-order valence-electron chi connectivity index (χ1n) is 8.81. The zero-order valence-electron chi connectivity index (χ0n) is 13.8. The van der Waals surface area contributed by atoms with Crippen molar-refractivity contribution in [2.45, 2.75) is 51.5 Å². The van der Waals surface area contributed by atoms with Crippen LogP contribution < -0.4 is 5.32 Å². The fourth-order valence-electron chi connectivity index (χ4n) is 3.93. The molecule has 4 nitrogen and oxygen atoms in total. The number of hydrogen-bond donors (Lipinski definition) is 1. The summed E-state index contributed by atoms with van der Waals surface area (Å²) in [7, 11) is 0. The molecule has 1 aromatic heterocycles. The molecule has 0 atom stereocenters. The third-order valence-corrected chi connectivity index (χ3v) is 5.17. The first-order chi connectivity index (χ1) is 10.4. The lowest BCUT2D eigenvalue weighted by Gasteiger charge is -2.35. The summed E-state index contributed by atoms with van der Waals surface area (Å²) in [5.74, 6) is 1.65. The Morgan fingerprint density at radius 1 is 1.18 bits per heavy atom. The molecule has 22 heavy (non-hydrogen) atoms. The summed E-state index contributed by atoms with van der Waals surface area (Å²) in [6.07, 6.45) is 8.49. The van der Waals surface area contributed by atoms with Crippen molar-refractivity contribution in [2.75, 3.05) is 32.7 Å². The molecule has 2 saturated heterocycles. The van der Waals surface area contributed by atoms with E-state index in [1.54, 1.807) is 0 Å². The smallest absolute Gasteiger partial charge is 0.0492 e. The van der Waals surface area contributed by atoms with Crippen LogP contribution in [0.2, 0.25) is 0 Å². The van der Waals surface area contributed by atoms with Crippen molar-refractivity contribution in [3.63, 3.8) is 0 Å². The number of rotatable bonds is 5. The Kier molecular flexibility index (Phi) is 7.19. The van der Waals surface area contributed by atoms with Crippen molar-refractivity contribution < 1.29 is 0 Å². The number of hydrogen-bond acceptors (Lipinski definition) is 3. The van der Waals surface area contributed by atoms with Gasteiger partial charge in [-0.15, -0.1) is 12.4 Å². The lowest BCUT2D eigenvalue weighted by atomic mass is 9.91. The molecule has 2 aliphatic rings. The van der Waals surface area contributed by atoms with Gasteiger partial charge in [0.25, 0.3) is 0 Å². The average molecular weight is 327 g/mol. The maximum absolute atomic E-state index is 4.49.